The van der Waals surface area contributed by atoms with Gasteiger partial charge in [0.05, 0.1) is 0 Å². The largest absolute Gasteiger partial charge is 0.319 e. The number of hydrogen-bond donors (Lipinski definition) is 1. The lowest BCUT2D eigenvalue weighted by Gasteiger charge is -2.24. The minimum Gasteiger partial charge on any atom is -0.319 e. The predicted octanol–water partition coefficient (Wildman–Crippen LogP) is 2.40. The van der Waals surface area contributed by atoms with Crippen molar-refractivity contribution < 1.29 is 8.78 Å². The zero-order valence-corrected chi connectivity index (χ0v) is 11.0. The average Bonchev–Trinajstić information content (AvgIpc) is 2.66. The van der Waals surface area contributed by atoms with Crippen LogP contribution in [-0.2, 0) is 6.54 Å². The third kappa shape index (κ3) is 3.06. The van der Waals surface area contributed by atoms with Crippen molar-refractivity contribution in [1.82, 2.24) is 10.2 Å². The van der Waals surface area contributed by atoms with E-state index in [0.29, 0.717) is 12.1 Å². The molecule has 4 heteroatoms. The highest BCUT2D eigenvalue weighted by atomic mass is 19.1. The van der Waals surface area contributed by atoms with E-state index >= 15 is 0 Å². The van der Waals surface area contributed by atoms with Crippen LogP contribution in [0.3, 0.4) is 0 Å². The molecule has 2 rings (SSSR count). The van der Waals surface area contributed by atoms with Gasteiger partial charge in [0.2, 0.25) is 0 Å². The third-order valence-electron chi connectivity index (χ3n) is 3.64. The molecule has 1 aromatic carbocycles. The van der Waals surface area contributed by atoms with Gasteiger partial charge in [-0.3, -0.25) is 4.90 Å². The molecule has 1 unspecified atom stereocenters. The van der Waals surface area contributed by atoms with Crippen molar-refractivity contribution in [1.29, 1.82) is 0 Å². The molecule has 0 saturated carbocycles. The van der Waals surface area contributed by atoms with Crippen LogP contribution < -0.4 is 5.32 Å². The molecule has 2 nitrogen and oxygen atoms in total. The lowest BCUT2D eigenvalue weighted by atomic mass is 9.90. The molecule has 0 bridgehead atoms. The highest BCUT2D eigenvalue weighted by molar-refractivity contribution is 5.18. The number of hydrogen-bond acceptors (Lipinski definition) is 2. The summed E-state index contributed by atoms with van der Waals surface area (Å²) in [6.45, 7) is 5.53. The Morgan fingerprint density at radius 2 is 2.17 bits per heavy atom. The first kappa shape index (κ1) is 13.4. The lowest BCUT2D eigenvalue weighted by Crippen LogP contribution is -2.33. The maximum Gasteiger partial charge on any atom is 0.127 e. The summed E-state index contributed by atoms with van der Waals surface area (Å²) >= 11 is 0. The Morgan fingerprint density at radius 3 is 2.89 bits per heavy atom. The second-order valence-corrected chi connectivity index (χ2v) is 5.54. The minimum absolute atomic E-state index is 0.235. The van der Waals surface area contributed by atoms with Crippen LogP contribution in [0, 0.1) is 17.0 Å². The summed E-state index contributed by atoms with van der Waals surface area (Å²) in [6.07, 6.45) is 1.09. The first-order valence-corrected chi connectivity index (χ1v) is 6.33. The molecule has 1 aromatic rings. The molecule has 0 aliphatic carbocycles. The van der Waals surface area contributed by atoms with Gasteiger partial charge in [-0.1, -0.05) is 6.92 Å². The fourth-order valence-electron chi connectivity index (χ4n) is 2.74. The maximum absolute atomic E-state index is 13.6. The topological polar surface area (TPSA) is 15.3 Å². The Labute approximate surface area is 107 Å². The van der Waals surface area contributed by atoms with E-state index in [9.17, 15) is 8.78 Å². The van der Waals surface area contributed by atoms with Crippen LogP contribution in [0.5, 0.6) is 0 Å². The van der Waals surface area contributed by atoms with Gasteiger partial charge in [0, 0.05) is 25.2 Å². The first-order chi connectivity index (χ1) is 8.52. The highest BCUT2D eigenvalue weighted by Gasteiger charge is 2.33. The molecule has 1 saturated heterocycles. The van der Waals surface area contributed by atoms with E-state index in [-0.39, 0.29) is 17.0 Å². The number of nitrogens with one attached hydrogen (secondary N) is 1. The van der Waals surface area contributed by atoms with Gasteiger partial charge >= 0.3 is 0 Å². The SMILES string of the molecule is CNCC1(C)CCN(Cc2cc(F)ccc2F)C1. The molecular formula is C14H20F2N2. The van der Waals surface area contributed by atoms with Crippen LogP contribution in [0.4, 0.5) is 8.78 Å². The standard InChI is InChI=1S/C14H20F2N2/c1-14(9-17-2)5-6-18(10-14)8-11-7-12(15)3-4-13(11)16/h3-4,7,17H,5-6,8-10H2,1-2H3. The second kappa shape index (κ2) is 5.33. The molecule has 0 aromatic heterocycles. The quantitative estimate of drug-likeness (QED) is 0.887. The summed E-state index contributed by atoms with van der Waals surface area (Å²) in [4.78, 5) is 2.19. The van der Waals surface area contributed by atoms with Gasteiger partial charge in [-0.05, 0) is 43.6 Å². The number of likely N-dealkylation sites (tertiary alicyclic amines) is 1. The van der Waals surface area contributed by atoms with E-state index in [4.69, 9.17) is 0 Å². The molecule has 0 spiro atoms. The molecule has 0 radical (unpaired) electrons. The fourth-order valence-corrected chi connectivity index (χ4v) is 2.74. The summed E-state index contributed by atoms with van der Waals surface area (Å²) in [5.74, 6) is -0.692. The third-order valence-corrected chi connectivity index (χ3v) is 3.64. The average molecular weight is 254 g/mol. The van der Waals surface area contributed by atoms with E-state index < -0.39 is 0 Å². The molecule has 1 heterocycles. The van der Waals surface area contributed by atoms with Crippen molar-refractivity contribution in [2.75, 3.05) is 26.7 Å². The normalized spacial score (nSPS) is 24.7. The van der Waals surface area contributed by atoms with Crippen molar-refractivity contribution in [3.05, 3.63) is 35.4 Å². The van der Waals surface area contributed by atoms with Gasteiger partial charge in [0.1, 0.15) is 11.6 Å². The van der Waals surface area contributed by atoms with Crippen LogP contribution in [0.1, 0.15) is 18.9 Å². The molecule has 1 fully saturated rings. The van der Waals surface area contributed by atoms with Crippen LogP contribution >= 0.6 is 0 Å². The van der Waals surface area contributed by atoms with Gasteiger partial charge in [0.25, 0.3) is 0 Å². The molecule has 1 atom stereocenters. The zero-order valence-electron chi connectivity index (χ0n) is 11.0. The monoisotopic (exact) mass is 254 g/mol. The molecule has 18 heavy (non-hydrogen) atoms. The Bertz CT molecular complexity index is 422. The summed E-state index contributed by atoms with van der Waals surface area (Å²) in [5, 5.41) is 3.19. The maximum atomic E-state index is 13.6. The smallest absolute Gasteiger partial charge is 0.127 e. The Hall–Kier alpha value is -1.00. The van der Waals surface area contributed by atoms with Gasteiger partial charge in [0.15, 0.2) is 0 Å². The zero-order chi connectivity index (χ0) is 13.2. The Kier molecular flexibility index (Phi) is 3.97. The van der Waals surface area contributed by atoms with Crippen molar-refractivity contribution in [3.8, 4) is 0 Å². The molecule has 1 aliphatic rings. The van der Waals surface area contributed by atoms with Crippen LogP contribution in [0.25, 0.3) is 0 Å². The summed E-state index contributed by atoms with van der Waals surface area (Å²) in [6, 6.07) is 3.66. The molecule has 1 aliphatic heterocycles. The van der Waals surface area contributed by atoms with Crippen LogP contribution in [0.15, 0.2) is 18.2 Å². The molecule has 1 N–H and O–H groups in total. The second-order valence-electron chi connectivity index (χ2n) is 5.54. The Morgan fingerprint density at radius 1 is 1.39 bits per heavy atom. The van der Waals surface area contributed by atoms with Crippen molar-refractivity contribution >= 4 is 0 Å². The molecule has 100 valence electrons. The summed E-state index contributed by atoms with van der Waals surface area (Å²) in [7, 11) is 1.94. The highest BCUT2D eigenvalue weighted by Crippen LogP contribution is 2.30. The van der Waals surface area contributed by atoms with E-state index in [1.807, 2.05) is 7.05 Å². The lowest BCUT2D eigenvalue weighted by molar-refractivity contribution is 0.262. The molecular weight excluding hydrogens is 234 g/mol. The van der Waals surface area contributed by atoms with Gasteiger partial charge in [-0.15, -0.1) is 0 Å². The van der Waals surface area contributed by atoms with Crippen molar-refractivity contribution in [3.63, 3.8) is 0 Å². The van der Waals surface area contributed by atoms with Gasteiger partial charge in [-0.25, -0.2) is 8.78 Å². The van der Waals surface area contributed by atoms with E-state index in [1.165, 1.54) is 12.1 Å². The van der Waals surface area contributed by atoms with Crippen LogP contribution in [0.2, 0.25) is 0 Å². The van der Waals surface area contributed by atoms with Crippen molar-refractivity contribution in [2.24, 2.45) is 5.41 Å². The Balaban J connectivity index is 2.01. The molecule has 0 amide bonds. The first-order valence-electron chi connectivity index (χ1n) is 6.33. The number of rotatable bonds is 4. The fraction of sp³-hybridized carbons (Fsp3) is 0.571. The van der Waals surface area contributed by atoms with E-state index in [0.717, 1.165) is 32.1 Å². The number of nitrogens with zero attached hydrogens (tertiary/aromatic N) is 1. The number of benzene rings is 1. The van der Waals surface area contributed by atoms with Crippen molar-refractivity contribution in [2.45, 2.75) is 19.9 Å². The van der Waals surface area contributed by atoms with E-state index in [2.05, 4.69) is 17.1 Å². The van der Waals surface area contributed by atoms with Crippen LogP contribution in [-0.4, -0.2) is 31.6 Å². The van der Waals surface area contributed by atoms with Gasteiger partial charge < -0.3 is 5.32 Å². The number of halogens is 2. The predicted molar refractivity (Wildman–Crippen MR) is 68.3 cm³/mol. The minimum atomic E-state index is -0.372. The summed E-state index contributed by atoms with van der Waals surface area (Å²) < 4.78 is 26.7. The van der Waals surface area contributed by atoms with Gasteiger partial charge in [-0.2, -0.15) is 0 Å². The summed E-state index contributed by atoms with van der Waals surface area (Å²) in [5.41, 5.74) is 0.683. The van der Waals surface area contributed by atoms with E-state index in [1.54, 1.807) is 0 Å².